The lowest BCUT2D eigenvalue weighted by molar-refractivity contribution is 0.134. The molecule has 0 saturated carbocycles. The molecule has 2 aromatic rings. The minimum Gasteiger partial charge on any atom is -0.497 e. The van der Waals surface area contributed by atoms with Gasteiger partial charge in [0.05, 0.1) is 30.8 Å². The first-order valence-electron chi connectivity index (χ1n) is 6.35. The average molecular weight is 280 g/mol. The van der Waals surface area contributed by atoms with Crippen LogP contribution in [-0.2, 0) is 4.74 Å². The highest BCUT2D eigenvalue weighted by atomic mass is 32.1. The Kier molecular flexibility index (Phi) is 4.27. The molecule has 0 aliphatic carbocycles. The van der Waals surface area contributed by atoms with E-state index in [-0.39, 0.29) is 6.04 Å². The molecule has 104 valence electrons. The Morgan fingerprint density at radius 2 is 2.05 bits per heavy atom. The third kappa shape index (κ3) is 2.67. The predicted octanol–water partition coefficient (Wildman–Crippen LogP) is 3.55. The topological polar surface area (TPSA) is 39.2 Å². The second-order valence-electron chi connectivity index (χ2n) is 4.95. The molecular formula is C14H20N2O2S. The van der Waals surface area contributed by atoms with Crippen molar-refractivity contribution in [2.24, 2.45) is 5.92 Å². The summed E-state index contributed by atoms with van der Waals surface area (Å²) in [6.07, 6.45) is 0. The molecule has 0 aliphatic heterocycles. The van der Waals surface area contributed by atoms with E-state index in [0.29, 0.717) is 12.5 Å². The fourth-order valence-corrected chi connectivity index (χ4v) is 2.64. The van der Waals surface area contributed by atoms with Crippen molar-refractivity contribution in [3.05, 3.63) is 23.0 Å². The number of aromatic amines is 1. The molecule has 2 rings (SSSR count). The van der Waals surface area contributed by atoms with Gasteiger partial charge in [0.15, 0.2) is 4.77 Å². The number of nitrogens with one attached hydrogen (secondary N) is 1. The van der Waals surface area contributed by atoms with Crippen LogP contribution in [0.4, 0.5) is 0 Å². The van der Waals surface area contributed by atoms with Crippen LogP contribution in [0.25, 0.3) is 11.0 Å². The van der Waals surface area contributed by atoms with Crippen molar-refractivity contribution in [3.63, 3.8) is 0 Å². The first-order valence-corrected chi connectivity index (χ1v) is 6.76. The van der Waals surface area contributed by atoms with Gasteiger partial charge in [0.2, 0.25) is 0 Å². The molecule has 1 heterocycles. The van der Waals surface area contributed by atoms with Crippen molar-refractivity contribution >= 4 is 23.3 Å². The molecule has 19 heavy (non-hydrogen) atoms. The van der Waals surface area contributed by atoms with Crippen LogP contribution in [0.1, 0.15) is 19.9 Å². The summed E-state index contributed by atoms with van der Waals surface area (Å²) in [5.41, 5.74) is 2.08. The zero-order valence-electron chi connectivity index (χ0n) is 11.8. The van der Waals surface area contributed by atoms with E-state index in [1.807, 2.05) is 18.2 Å². The molecule has 0 bridgehead atoms. The fraction of sp³-hybridized carbons (Fsp3) is 0.500. The monoisotopic (exact) mass is 280 g/mol. The van der Waals surface area contributed by atoms with E-state index in [1.165, 1.54) is 0 Å². The number of hydrogen-bond acceptors (Lipinski definition) is 3. The van der Waals surface area contributed by atoms with Gasteiger partial charge in [-0.3, -0.25) is 0 Å². The van der Waals surface area contributed by atoms with E-state index in [9.17, 15) is 0 Å². The number of ether oxygens (including phenoxy) is 2. The largest absolute Gasteiger partial charge is 0.497 e. The number of hydrogen-bond donors (Lipinski definition) is 1. The van der Waals surface area contributed by atoms with Crippen molar-refractivity contribution in [1.29, 1.82) is 0 Å². The highest BCUT2D eigenvalue weighted by Gasteiger charge is 2.19. The lowest BCUT2D eigenvalue weighted by Crippen LogP contribution is -2.20. The first kappa shape index (κ1) is 14.1. The van der Waals surface area contributed by atoms with E-state index in [0.717, 1.165) is 21.6 Å². The van der Waals surface area contributed by atoms with Gasteiger partial charge in [0, 0.05) is 13.2 Å². The Morgan fingerprint density at radius 1 is 1.32 bits per heavy atom. The van der Waals surface area contributed by atoms with Crippen molar-refractivity contribution in [3.8, 4) is 5.75 Å². The highest BCUT2D eigenvalue weighted by molar-refractivity contribution is 7.71. The van der Waals surface area contributed by atoms with E-state index < -0.39 is 0 Å². The number of benzene rings is 1. The van der Waals surface area contributed by atoms with Crippen molar-refractivity contribution in [2.45, 2.75) is 19.9 Å². The van der Waals surface area contributed by atoms with Crippen LogP contribution in [0.5, 0.6) is 5.75 Å². The summed E-state index contributed by atoms with van der Waals surface area (Å²) in [6, 6.07) is 6.13. The smallest absolute Gasteiger partial charge is 0.178 e. The summed E-state index contributed by atoms with van der Waals surface area (Å²) in [4.78, 5) is 3.24. The third-order valence-corrected chi connectivity index (χ3v) is 3.66. The van der Waals surface area contributed by atoms with Crippen LogP contribution in [0.3, 0.4) is 0 Å². The summed E-state index contributed by atoms with van der Waals surface area (Å²) in [6.45, 7) is 4.98. The van der Waals surface area contributed by atoms with E-state index in [4.69, 9.17) is 21.7 Å². The molecule has 0 amide bonds. The maximum absolute atomic E-state index is 5.45. The van der Waals surface area contributed by atoms with Gasteiger partial charge in [-0.15, -0.1) is 0 Å². The Morgan fingerprint density at radius 3 is 2.63 bits per heavy atom. The molecule has 0 aliphatic rings. The standard InChI is InChI=1S/C14H20N2O2S/c1-9(2)13(8-17-3)16-12-7-10(18-4)5-6-11(12)15-14(16)19/h5-7,9,13H,8H2,1-4H3,(H,15,19). The Labute approximate surface area is 118 Å². The lowest BCUT2D eigenvalue weighted by atomic mass is 10.1. The molecule has 1 aromatic carbocycles. The Hall–Kier alpha value is -1.33. The van der Waals surface area contributed by atoms with Gasteiger partial charge in [-0.2, -0.15) is 0 Å². The highest BCUT2D eigenvalue weighted by Crippen LogP contribution is 2.27. The van der Waals surface area contributed by atoms with Gasteiger partial charge in [0.25, 0.3) is 0 Å². The van der Waals surface area contributed by atoms with E-state index >= 15 is 0 Å². The number of fused-ring (bicyclic) bond motifs is 1. The molecule has 0 fully saturated rings. The minimum absolute atomic E-state index is 0.207. The quantitative estimate of drug-likeness (QED) is 0.851. The zero-order valence-corrected chi connectivity index (χ0v) is 12.6. The molecule has 1 unspecified atom stereocenters. The molecule has 0 spiro atoms. The summed E-state index contributed by atoms with van der Waals surface area (Å²) < 4.78 is 13.5. The zero-order chi connectivity index (χ0) is 14.0. The van der Waals surface area contributed by atoms with Crippen LogP contribution in [-0.4, -0.2) is 30.4 Å². The maximum atomic E-state index is 5.45. The SMILES string of the molecule is COCC(C(C)C)n1c(=S)[nH]c2ccc(OC)cc21. The van der Waals surface area contributed by atoms with Crippen LogP contribution in [0.2, 0.25) is 0 Å². The molecule has 5 heteroatoms. The van der Waals surface area contributed by atoms with E-state index in [2.05, 4.69) is 23.4 Å². The molecule has 1 atom stereocenters. The normalized spacial score (nSPS) is 13.1. The number of H-pyrrole nitrogens is 1. The predicted molar refractivity (Wildman–Crippen MR) is 79.4 cm³/mol. The number of aromatic nitrogens is 2. The number of methoxy groups -OCH3 is 2. The maximum Gasteiger partial charge on any atom is 0.178 e. The summed E-state index contributed by atoms with van der Waals surface area (Å²) in [5, 5.41) is 0. The van der Waals surface area contributed by atoms with E-state index in [1.54, 1.807) is 14.2 Å². The molecular weight excluding hydrogens is 260 g/mol. The van der Waals surface area contributed by atoms with Gasteiger partial charge < -0.3 is 19.0 Å². The minimum atomic E-state index is 0.207. The number of nitrogens with zero attached hydrogens (tertiary/aromatic N) is 1. The van der Waals surface area contributed by atoms with Gasteiger partial charge in [-0.05, 0) is 30.3 Å². The van der Waals surface area contributed by atoms with Gasteiger partial charge in [-0.1, -0.05) is 13.8 Å². The second kappa shape index (κ2) is 5.75. The van der Waals surface area contributed by atoms with Crippen LogP contribution in [0.15, 0.2) is 18.2 Å². The molecule has 1 aromatic heterocycles. The average Bonchev–Trinajstić information content (AvgIpc) is 2.70. The molecule has 1 N–H and O–H groups in total. The van der Waals surface area contributed by atoms with Crippen molar-refractivity contribution in [2.75, 3.05) is 20.8 Å². The van der Waals surface area contributed by atoms with Crippen LogP contribution >= 0.6 is 12.2 Å². The molecule has 0 saturated heterocycles. The Balaban J connectivity index is 2.62. The van der Waals surface area contributed by atoms with Gasteiger partial charge >= 0.3 is 0 Å². The third-order valence-electron chi connectivity index (χ3n) is 3.36. The molecule has 4 nitrogen and oxygen atoms in total. The lowest BCUT2D eigenvalue weighted by Gasteiger charge is -2.22. The number of rotatable bonds is 5. The first-order chi connectivity index (χ1) is 9.08. The fourth-order valence-electron chi connectivity index (χ4n) is 2.29. The van der Waals surface area contributed by atoms with Crippen LogP contribution in [0, 0.1) is 10.7 Å². The molecule has 0 radical (unpaired) electrons. The number of imidazole rings is 1. The van der Waals surface area contributed by atoms with Crippen LogP contribution < -0.4 is 4.74 Å². The summed E-state index contributed by atoms with van der Waals surface area (Å²) >= 11 is 5.45. The second-order valence-corrected chi connectivity index (χ2v) is 5.34. The summed E-state index contributed by atoms with van der Waals surface area (Å²) in [5.74, 6) is 1.26. The Bertz CT molecular complexity index is 615. The van der Waals surface area contributed by atoms with Crippen molar-refractivity contribution < 1.29 is 9.47 Å². The summed E-state index contributed by atoms with van der Waals surface area (Å²) in [7, 11) is 3.39. The van der Waals surface area contributed by atoms with Gasteiger partial charge in [-0.25, -0.2) is 0 Å². The van der Waals surface area contributed by atoms with Gasteiger partial charge in [0.1, 0.15) is 5.75 Å². The van der Waals surface area contributed by atoms with Crippen molar-refractivity contribution in [1.82, 2.24) is 9.55 Å².